The minimum Gasteiger partial charge on any atom is -0.340 e. The van der Waals surface area contributed by atoms with E-state index in [4.69, 9.17) is 0 Å². The van der Waals surface area contributed by atoms with Crippen molar-refractivity contribution in [2.75, 3.05) is 16.8 Å². The van der Waals surface area contributed by atoms with Gasteiger partial charge in [0.15, 0.2) is 0 Å². The van der Waals surface area contributed by atoms with Crippen LogP contribution in [0.4, 0.5) is 11.4 Å². The summed E-state index contributed by atoms with van der Waals surface area (Å²) in [6.07, 6.45) is 6.99. The van der Waals surface area contributed by atoms with Crippen LogP contribution in [0.25, 0.3) is 0 Å². The smallest absolute Gasteiger partial charge is 0.103 e. The largest absolute Gasteiger partial charge is 0.340 e. The summed E-state index contributed by atoms with van der Waals surface area (Å²) in [6.45, 7) is 7.42. The van der Waals surface area contributed by atoms with E-state index < -0.39 is 0 Å². The Balaban J connectivity index is 1.78. The fourth-order valence-corrected chi connectivity index (χ4v) is 3.19. The Morgan fingerprint density at radius 1 is 1.28 bits per heavy atom. The Bertz CT molecular complexity index is 458. The molecule has 96 valence electrons. The molecule has 0 spiro atoms. The van der Waals surface area contributed by atoms with Crippen LogP contribution in [0.15, 0.2) is 30.6 Å². The number of hydrogen-bond acceptors (Lipinski definition) is 2. The molecule has 2 nitrogen and oxygen atoms in total. The Labute approximate surface area is 110 Å². The first-order chi connectivity index (χ1) is 8.74. The number of nitrogens with one attached hydrogen (secondary N) is 1. The van der Waals surface area contributed by atoms with Crippen molar-refractivity contribution in [2.45, 2.75) is 39.0 Å². The fraction of sp³-hybridized carbons (Fsp3) is 0.500. The van der Waals surface area contributed by atoms with Crippen LogP contribution < -0.4 is 10.2 Å². The molecule has 0 radical (unpaired) electrons. The van der Waals surface area contributed by atoms with Gasteiger partial charge in [0.25, 0.3) is 0 Å². The standard InChI is InChI=1S/C16H22N2/c1-12-8-9-16-15(10-12)17-13(2)18(16)11-14-6-4-3-5-7-14/h8-10,14,17H,2-7,11H2,1H3. The maximum Gasteiger partial charge on any atom is 0.103 e. The lowest BCUT2D eigenvalue weighted by Gasteiger charge is -2.28. The van der Waals surface area contributed by atoms with Gasteiger partial charge in [-0.3, -0.25) is 0 Å². The lowest BCUT2D eigenvalue weighted by molar-refractivity contribution is 0.363. The van der Waals surface area contributed by atoms with Gasteiger partial charge in [-0.15, -0.1) is 0 Å². The van der Waals surface area contributed by atoms with E-state index in [-0.39, 0.29) is 0 Å². The third kappa shape index (κ3) is 2.12. The van der Waals surface area contributed by atoms with Gasteiger partial charge >= 0.3 is 0 Å². The van der Waals surface area contributed by atoms with E-state index in [1.165, 1.54) is 49.0 Å². The molecule has 1 aromatic carbocycles. The predicted molar refractivity (Wildman–Crippen MR) is 77.9 cm³/mol. The monoisotopic (exact) mass is 242 g/mol. The van der Waals surface area contributed by atoms with E-state index in [9.17, 15) is 0 Å². The minimum atomic E-state index is 0.838. The highest BCUT2D eigenvalue weighted by Gasteiger charge is 2.25. The molecule has 2 heteroatoms. The van der Waals surface area contributed by atoms with E-state index in [1.54, 1.807) is 0 Å². The molecule has 1 heterocycles. The molecule has 0 atom stereocenters. The van der Waals surface area contributed by atoms with Crippen molar-refractivity contribution in [3.63, 3.8) is 0 Å². The van der Waals surface area contributed by atoms with Crippen molar-refractivity contribution in [1.82, 2.24) is 0 Å². The quantitative estimate of drug-likeness (QED) is 0.832. The zero-order chi connectivity index (χ0) is 12.5. The highest BCUT2D eigenvalue weighted by Crippen LogP contribution is 2.38. The van der Waals surface area contributed by atoms with Crippen LogP contribution in [-0.4, -0.2) is 6.54 Å². The molecule has 3 rings (SSSR count). The summed E-state index contributed by atoms with van der Waals surface area (Å²) in [6, 6.07) is 6.62. The molecule has 0 bridgehead atoms. The number of hydrogen-bond donors (Lipinski definition) is 1. The molecule has 1 N–H and O–H groups in total. The Morgan fingerprint density at radius 2 is 2.06 bits per heavy atom. The maximum atomic E-state index is 4.16. The maximum absolute atomic E-state index is 4.16. The molecule has 0 amide bonds. The van der Waals surface area contributed by atoms with Crippen LogP contribution in [0, 0.1) is 12.8 Å². The van der Waals surface area contributed by atoms with Crippen molar-refractivity contribution in [1.29, 1.82) is 0 Å². The van der Waals surface area contributed by atoms with E-state index in [1.807, 2.05) is 0 Å². The van der Waals surface area contributed by atoms with Gasteiger partial charge in [-0.1, -0.05) is 31.9 Å². The second-order valence-corrected chi connectivity index (χ2v) is 5.71. The lowest BCUT2D eigenvalue weighted by Crippen LogP contribution is -2.28. The van der Waals surface area contributed by atoms with E-state index in [2.05, 4.69) is 41.9 Å². The molecule has 1 aliphatic carbocycles. The van der Waals surface area contributed by atoms with Crippen LogP contribution in [0.2, 0.25) is 0 Å². The molecule has 1 aliphatic heterocycles. The molecule has 18 heavy (non-hydrogen) atoms. The lowest BCUT2D eigenvalue weighted by atomic mass is 9.89. The first-order valence-corrected chi connectivity index (χ1v) is 7.08. The van der Waals surface area contributed by atoms with Gasteiger partial charge in [-0.2, -0.15) is 0 Å². The SMILES string of the molecule is C=C1Nc2cc(C)ccc2N1CC1CCCCC1. The van der Waals surface area contributed by atoms with E-state index >= 15 is 0 Å². The Morgan fingerprint density at radius 3 is 2.83 bits per heavy atom. The first-order valence-electron chi connectivity index (χ1n) is 7.08. The highest BCUT2D eigenvalue weighted by atomic mass is 15.3. The molecule has 0 aromatic heterocycles. The van der Waals surface area contributed by atoms with Crippen LogP contribution in [0.5, 0.6) is 0 Å². The summed E-state index contributed by atoms with van der Waals surface area (Å²) in [7, 11) is 0. The summed E-state index contributed by atoms with van der Waals surface area (Å²) >= 11 is 0. The topological polar surface area (TPSA) is 15.3 Å². The van der Waals surface area contributed by atoms with Crippen molar-refractivity contribution in [2.24, 2.45) is 5.92 Å². The number of anilines is 2. The average Bonchev–Trinajstić information content (AvgIpc) is 2.66. The molecule has 1 fully saturated rings. The zero-order valence-corrected chi connectivity index (χ0v) is 11.2. The minimum absolute atomic E-state index is 0.838. The van der Waals surface area contributed by atoms with E-state index in [0.717, 1.165) is 18.3 Å². The van der Waals surface area contributed by atoms with Gasteiger partial charge in [-0.25, -0.2) is 0 Å². The third-order valence-corrected chi connectivity index (χ3v) is 4.21. The van der Waals surface area contributed by atoms with Crippen LogP contribution >= 0.6 is 0 Å². The normalized spacial score (nSPS) is 19.8. The predicted octanol–water partition coefficient (Wildman–Crippen LogP) is 4.28. The molecule has 1 aromatic rings. The number of benzene rings is 1. The van der Waals surface area contributed by atoms with Crippen molar-refractivity contribution >= 4 is 11.4 Å². The number of aryl methyl sites for hydroxylation is 1. The number of nitrogens with zero attached hydrogens (tertiary/aromatic N) is 1. The van der Waals surface area contributed by atoms with Crippen molar-refractivity contribution < 1.29 is 0 Å². The average molecular weight is 242 g/mol. The second kappa shape index (κ2) is 4.68. The Kier molecular flexibility index (Phi) is 3.02. The fourth-order valence-electron chi connectivity index (χ4n) is 3.19. The summed E-state index contributed by atoms with van der Waals surface area (Å²) in [4.78, 5) is 2.37. The summed E-state index contributed by atoms with van der Waals surface area (Å²) in [5.41, 5.74) is 3.82. The molecular formula is C16H22N2. The van der Waals surface area contributed by atoms with Crippen LogP contribution in [-0.2, 0) is 0 Å². The number of rotatable bonds is 2. The van der Waals surface area contributed by atoms with Gasteiger partial charge in [0.2, 0.25) is 0 Å². The molecule has 1 saturated carbocycles. The Hall–Kier alpha value is -1.44. The van der Waals surface area contributed by atoms with Gasteiger partial charge in [0, 0.05) is 6.54 Å². The highest BCUT2D eigenvalue weighted by molar-refractivity contribution is 5.81. The molecule has 2 aliphatic rings. The van der Waals surface area contributed by atoms with Crippen molar-refractivity contribution in [3.05, 3.63) is 36.2 Å². The molecule has 0 saturated heterocycles. The van der Waals surface area contributed by atoms with Gasteiger partial charge in [-0.05, 0) is 43.4 Å². The zero-order valence-electron chi connectivity index (χ0n) is 11.2. The molecule has 0 unspecified atom stereocenters. The van der Waals surface area contributed by atoms with Crippen LogP contribution in [0.3, 0.4) is 0 Å². The number of fused-ring (bicyclic) bond motifs is 1. The van der Waals surface area contributed by atoms with Crippen molar-refractivity contribution in [3.8, 4) is 0 Å². The second-order valence-electron chi connectivity index (χ2n) is 5.71. The molecular weight excluding hydrogens is 220 g/mol. The van der Waals surface area contributed by atoms with Gasteiger partial charge in [0.1, 0.15) is 5.82 Å². The summed E-state index contributed by atoms with van der Waals surface area (Å²) < 4.78 is 0. The first kappa shape index (κ1) is 11.6. The van der Waals surface area contributed by atoms with E-state index in [0.29, 0.717) is 0 Å². The summed E-state index contributed by atoms with van der Waals surface area (Å²) in [5, 5.41) is 3.41. The summed E-state index contributed by atoms with van der Waals surface area (Å²) in [5.74, 6) is 1.88. The van der Waals surface area contributed by atoms with Crippen LogP contribution in [0.1, 0.15) is 37.7 Å². The third-order valence-electron chi connectivity index (χ3n) is 4.21. The van der Waals surface area contributed by atoms with Gasteiger partial charge in [0.05, 0.1) is 11.4 Å². The van der Waals surface area contributed by atoms with Gasteiger partial charge < -0.3 is 10.2 Å².